The molecule has 0 amide bonds. The maximum Gasteiger partial charge on any atom is 0.224 e. The zero-order valence-electron chi connectivity index (χ0n) is 8.66. The summed E-state index contributed by atoms with van der Waals surface area (Å²) in [7, 11) is 0. The average molecular weight is 228 g/mol. The van der Waals surface area contributed by atoms with Gasteiger partial charge in [0.15, 0.2) is 0 Å². The molecule has 1 atom stereocenters. The molecule has 0 aliphatic carbocycles. The standard InChI is InChI=1S/C10H14ClN3O/c1-7-5-12-10(11)14-9(7)13-8-3-2-4-15-6-8/h5,8H,2-4,6H2,1H3,(H,12,13,14). The van der Waals surface area contributed by atoms with E-state index in [0.717, 1.165) is 37.4 Å². The molecule has 0 spiro atoms. The van der Waals surface area contributed by atoms with E-state index in [1.807, 2.05) is 6.92 Å². The first-order valence-corrected chi connectivity index (χ1v) is 5.47. The van der Waals surface area contributed by atoms with Crippen LogP contribution in [0.2, 0.25) is 5.28 Å². The van der Waals surface area contributed by atoms with Crippen molar-refractivity contribution in [3.05, 3.63) is 17.0 Å². The maximum absolute atomic E-state index is 5.74. The highest BCUT2D eigenvalue weighted by atomic mass is 35.5. The number of aromatic nitrogens is 2. The fraction of sp³-hybridized carbons (Fsp3) is 0.600. The predicted octanol–water partition coefficient (Wildman–Crippen LogP) is 2.03. The molecule has 1 saturated heterocycles. The van der Waals surface area contributed by atoms with Crippen molar-refractivity contribution in [1.29, 1.82) is 0 Å². The highest BCUT2D eigenvalue weighted by Crippen LogP contribution is 2.17. The van der Waals surface area contributed by atoms with Crippen LogP contribution in [0.15, 0.2) is 6.20 Å². The van der Waals surface area contributed by atoms with E-state index < -0.39 is 0 Å². The molecule has 0 bridgehead atoms. The minimum absolute atomic E-state index is 0.278. The van der Waals surface area contributed by atoms with Gasteiger partial charge in [0.1, 0.15) is 5.82 Å². The lowest BCUT2D eigenvalue weighted by Crippen LogP contribution is -2.30. The van der Waals surface area contributed by atoms with E-state index in [9.17, 15) is 0 Å². The zero-order chi connectivity index (χ0) is 10.7. The Balaban J connectivity index is 2.05. The van der Waals surface area contributed by atoms with Gasteiger partial charge in [0.25, 0.3) is 0 Å². The summed E-state index contributed by atoms with van der Waals surface area (Å²) >= 11 is 5.74. The van der Waals surface area contributed by atoms with Gasteiger partial charge in [0.05, 0.1) is 12.6 Å². The van der Waals surface area contributed by atoms with Crippen LogP contribution in [-0.2, 0) is 4.74 Å². The summed E-state index contributed by atoms with van der Waals surface area (Å²) in [5.41, 5.74) is 1.00. The van der Waals surface area contributed by atoms with Crippen molar-refractivity contribution in [3.8, 4) is 0 Å². The number of aryl methyl sites for hydroxylation is 1. The molecule has 0 radical (unpaired) electrons. The van der Waals surface area contributed by atoms with Crippen LogP contribution < -0.4 is 5.32 Å². The number of halogens is 1. The molecule has 1 aliphatic heterocycles. The molecule has 1 N–H and O–H groups in total. The molecule has 0 saturated carbocycles. The lowest BCUT2D eigenvalue weighted by Gasteiger charge is -2.24. The largest absolute Gasteiger partial charge is 0.379 e. The minimum atomic E-state index is 0.278. The van der Waals surface area contributed by atoms with Crippen LogP contribution in [0, 0.1) is 6.92 Å². The van der Waals surface area contributed by atoms with Crippen molar-refractivity contribution in [2.75, 3.05) is 18.5 Å². The van der Waals surface area contributed by atoms with E-state index >= 15 is 0 Å². The molecule has 1 fully saturated rings. The Morgan fingerprint density at radius 2 is 2.47 bits per heavy atom. The topological polar surface area (TPSA) is 47.0 Å². The van der Waals surface area contributed by atoms with Crippen molar-refractivity contribution in [3.63, 3.8) is 0 Å². The van der Waals surface area contributed by atoms with Crippen molar-refractivity contribution >= 4 is 17.4 Å². The highest BCUT2D eigenvalue weighted by Gasteiger charge is 2.15. The van der Waals surface area contributed by atoms with E-state index in [-0.39, 0.29) is 5.28 Å². The Hall–Kier alpha value is -0.870. The third kappa shape index (κ3) is 2.79. The normalized spacial score (nSPS) is 21.3. The number of nitrogens with one attached hydrogen (secondary N) is 1. The first-order valence-electron chi connectivity index (χ1n) is 5.09. The van der Waals surface area contributed by atoms with E-state index in [1.165, 1.54) is 0 Å². The van der Waals surface area contributed by atoms with Gasteiger partial charge in [-0.3, -0.25) is 0 Å². The number of ether oxygens (including phenoxy) is 1. The maximum atomic E-state index is 5.74. The zero-order valence-corrected chi connectivity index (χ0v) is 9.42. The van der Waals surface area contributed by atoms with Gasteiger partial charge in [0, 0.05) is 18.4 Å². The first kappa shape index (κ1) is 10.6. The summed E-state index contributed by atoms with van der Waals surface area (Å²) < 4.78 is 5.39. The highest BCUT2D eigenvalue weighted by molar-refractivity contribution is 6.28. The van der Waals surface area contributed by atoms with Crippen molar-refractivity contribution in [1.82, 2.24) is 9.97 Å². The fourth-order valence-corrected chi connectivity index (χ4v) is 1.75. The van der Waals surface area contributed by atoms with E-state index in [2.05, 4.69) is 15.3 Å². The third-order valence-electron chi connectivity index (χ3n) is 2.44. The molecule has 1 unspecified atom stereocenters. The van der Waals surface area contributed by atoms with E-state index in [1.54, 1.807) is 6.20 Å². The molecular formula is C10H14ClN3O. The van der Waals surface area contributed by atoms with E-state index in [4.69, 9.17) is 16.3 Å². The second-order valence-corrected chi connectivity index (χ2v) is 4.07. The van der Waals surface area contributed by atoms with Gasteiger partial charge in [-0.05, 0) is 31.4 Å². The Bertz CT molecular complexity index is 339. The average Bonchev–Trinajstić information content (AvgIpc) is 2.25. The molecule has 2 rings (SSSR count). The summed E-state index contributed by atoms with van der Waals surface area (Å²) in [5, 5.41) is 3.61. The number of anilines is 1. The molecule has 15 heavy (non-hydrogen) atoms. The van der Waals surface area contributed by atoms with Crippen LogP contribution in [0.25, 0.3) is 0 Å². The Kier molecular flexibility index (Phi) is 3.38. The predicted molar refractivity (Wildman–Crippen MR) is 59.2 cm³/mol. The van der Waals surface area contributed by atoms with Gasteiger partial charge in [-0.15, -0.1) is 0 Å². The van der Waals surface area contributed by atoms with Crippen LogP contribution in [0.4, 0.5) is 5.82 Å². The van der Waals surface area contributed by atoms with Crippen LogP contribution in [-0.4, -0.2) is 29.2 Å². The number of nitrogens with zero attached hydrogens (tertiary/aromatic N) is 2. The van der Waals surface area contributed by atoms with Gasteiger partial charge >= 0.3 is 0 Å². The van der Waals surface area contributed by atoms with Crippen LogP contribution in [0.5, 0.6) is 0 Å². The lowest BCUT2D eigenvalue weighted by molar-refractivity contribution is 0.0875. The molecule has 4 nitrogen and oxygen atoms in total. The smallest absolute Gasteiger partial charge is 0.224 e. The Morgan fingerprint density at radius 1 is 1.60 bits per heavy atom. The van der Waals surface area contributed by atoms with Gasteiger partial charge in [-0.1, -0.05) is 0 Å². The summed E-state index contributed by atoms with van der Waals surface area (Å²) in [6.45, 7) is 3.56. The molecule has 2 heterocycles. The van der Waals surface area contributed by atoms with Crippen LogP contribution in [0.1, 0.15) is 18.4 Å². The molecule has 82 valence electrons. The summed E-state index contributed by atoms with van der Waals surface area (Å²) in [6, 6.07) is 0.336. The molecule has 1 aliphatic rings. The molecular weight excluding hydrogens is 214 g/mol. The molecule has 5 heteroatoms. The van der Waals surface area contributed by atoms with Gasteiger partial charge in [-0.25, -0.2) is 9.97 Å². The number of rotatable bonds is 2. The lowest BCUT2D eigenvalue weighted by atomic mass is 10.1. The SMILES string of the molecule is Cc1cnc(Cl)nc1NC1CCCOC1. The van der Waals surface area contributed by atoms with Gasteiger partial charge in [-0.2, -0.15) is 0 Å². The Labute approximate surface area is 94.0 Å². The molecule has 1 aromatic rings. The van der Waals surface area contributed by atoms with Crippen molar-refractivity contribution < 1.29 is 4.74 Å². The Morgan fingerprint density at radius 3 is 3.20 bits per heavy atom. The number of hydrogen-bond donors (Lipinski definition) is 1. The third-order valence-corrected chi connectivity index (χ3v) is 2.63. The summed E-state index contributed by atoms with van der Waals surface area (Å²) in [5.74, 6) is 0.811. The van der Waals surface area contributed by atoms with Crippen LogP contribution >= 0.6 is 11.6 Å². The quantitative estimate of drug-likeness (QED) is 0.786. The second kappa shape index (κ2) is 4.77. The summed E-state index contributed by atoms with van der Waals surface area (Å²) in [6.07, 6.45) is 3.93. The van der Waals surface area contributed by atoms with Gasteiger partial charge in [0.2, 0.25) is 5.28 Å². The minimum Gasteiger partial charge on any atom is -0.379 e. The van der Waals surface area contributed by atoms with E-state index in [0.29, 0.717) is 6.04 Å². The summed E-state index contributed by atoms with van der Waals surface area (Å²) in [4.78, 5) is 8.07. The van der Waals surface area contributed by atoms with Crippen molar-refractivity contribution in [2.24, 2.45) is 0 Å². The van der Waals surface area contributed by atoms with Gasteiger partial charge < -0.3 is 10.1 Å². The molecule has 1 aromatic heterocycles. The fourth-order valence-electron chi connectivity index (χ4n) is 1.61. The van der Waals surface area contributed by atoms with Crippen LogP contribution in [0.3, 0.4) is 0 Å². The monoisotopic (exact) mass is 227 g/mol. The number of hydrogen-bond acceptors (Lipinski definition) is 4. The second-order valence-electron chi connectivity index (χ2n) is 3.73. The molecule has 0 aromatic carbocycles. The van der Waals surface area contributed by atoms with Crippen molar-refractivity contribution in [2.45, 2.75) is 25.8 Å². The first-order chi connectivity index (χ1) is 7.25.